The summed E-state index contributed by atoms with van der Waals surface area (Å²) in [6.07, 6.45) is 0. The van der Waals surface area contributed by atoms with Gasteiger partial charge in [0.05, 0.1) is 0 Å². The predicted molar refractivity (Wildman–Crippen MR) is 126 cm³/mol. The van der Waals surface area contributed by atoms with Crippen molar-refractivity contribution < 1.29 is 4.57 Å². The lowest BCUT2D eigenvalue weighted by Crippen LogP contribution is -2.33. The van der Waals surface area contributed by atoms with Crippen molar-refractivity contribution >= 4 is 21.7 Å². The molecule has 1 heteroatoms. The Morgan fingerprint density at radius 1 is 0.793 bits per heavy atom. The number of nitrogens with zero attached hydrogens (tertiary/aromatic N) is 1. The van der Waals surface area contributed by atoms with E-state index in [0.29, 0.717) is 5.92 Å². The van der Waals surface area contributed by atoms with Crippen LogP contribution in [0.25, 0.3) is 32.9 Å². The van der Waals surface area contributed by atoms with Gasteiger partial charge in [0.15, 0.2) is 0 Å². The van der Waals surface area contributed by atoms with Crippen LogP contribution in [0, 0.1) is 6.92 Å². The highest BCUT2D eigenvalue weighted by atomic mass is 14.9. The summed E-state index contributed by atoms with van der Waals surface area (Å²) in [4.78, 5) is 0. The Morgan fingerprint density at radius 2 is 1.38 bits per heavy atom. The highest BCUT2D eigenvalue weighted by molar-refractivity contribution is 5.94. The first-order valence-electron chi connectivity index (χ1n) is 10.6. The molecule has 0 bridgehead atoms. The van der Waals surface area contributed by atoms with Gasteiger partial charge in [-0.25, -0.2) is 0 Å². The Kier molecular flexibility index (Phi) is 4.73. The minimum absolute atomic E-state index is 0.0817. The van der Waals surface area contributed by atoms with Gasteiger partial charge in [0.25, 0.3) is 0 Å². The Balaban J connectivity index is 2.14. The molecule has 148 valence electrons. The lowest BCUT2D eigenvalue weighted by atomic mass is 9.80. The predicted octanol–water partition coefficient (Wildman–Crippen LogP) is 7.21. The zero-order valence-electron chi connectivity index (χ0n) is 18.8. The van der Waals surface area contributed by atoms with E-state index in [1.165, 1.54) is 49.6 Å². The average molecular weight is 383 g/mol. The van der Waals surface area contributed by atoms with E-state index in [9.17, 15) is 0 Å². The first-order valence-corrected chi connectivity index (χ1v) is 10.6. The summed E-state index contributed by atoms with van der Waals surface area (Å²) >= 11 is 0. The van der Waals surface area contributed by atoms with Gasteiger partial charge in [-0.05, 0) is 57.9 Å². The van der Waals surface area contributed by atoms with E-state index < -0.39 is 0 Å². The van der Waals surface area contributed by atoms with E-state index in [2.05, 4.69) is 114 Å². The number of benzene rings is 3. The molecule has 0 aliphatic rings. The quantitative estimate of drug-likeness (QED) is 0.322. The van der Waals surface area contributed by atoms with Crippen LogP contribution in [-0.4, -0.2) is 0 Å². The number of para-hydroxylation sites is 1. The van der Waals surface area contributed by atoms with Crippen molar-refractivity contribution in [3.8, 4) is 11.3 Å². The van der Waals surface area contributed by atoms with E-state index in [-0.39, 0.29) is 5.41 Å². The summed E-state index contributed by atoms with van der Waals surface area (Å²) in [5.74, 6) is 0.475. The van der Waals surface area contributed by atoms with Gasteiger partial charge in [-0.3, -0.25) is 0 Å². The Labute approximate surface area is 175 Å². The number of aryl methyl sites for hydroxylation is 2. The monoisotopic (exact) mass is 382 g/mol. The van der Waals surface area contributed by atoms with Crippen molar-refractivity contribution in [1.29, 1.82) is 0 Å². The van der Waals surface area contributed by atoms with Gasteiger partial charge in [-0.15, -0.1) is 0 Å². The molecule has 1 aromatic heterocycles. The summed E-state index contributed by atoms with van der Waals surface area (Å²) in [7, 11) is 2.20. The van der Waals surface area contributed by atoms with Crippen molar-refractivity contribution in [3.05, 3.63) is 77.4 Å². The van der Waals surface area contributed by atoms with Crippen LogP contribution in [0.3, 0.4) is 0 Å². The van der Waals surface area contributed by atoms with E-state index in [1.54, 1.807) is 0 Å². The van der Waals surface area contributed by atoms with E-state index in [0.717, 1.165) is 0 Å². The largest absolute Gasteiger partial charge is 0.213 e. The third-order valence-corrected chi connectivity index (χ3v) is 6.25. The van der Waals surface area contributed by atoms with E-state index in [1.807, 2.05) is 0 Å². The summed E-state index contributed by atoms with van der Waals surface area (Å²) in [5, 5.41) is 4.08. The number of rotatable bonds is 2. The summed E-state index contributed by atoms with van der Waals surface area (Å²) in [6, 6.07) is 22.5. The van der Waals surface area contributed by atoms with Crippen LogP contribution < -0.4 is 4.57 Å². The molecule has 29 heavy (non-hydrogen) atoms. The van der Waals surface area contributed by atoms with Crippen LogP contribution in [0.4, 0.5) is 0 Å². The van der Waals surface area contributed by atoms with E-state index in [4.69, 9.17) is 0 Å². The number of pyridine rings is 1. The van der Waals surface area contributed by atoms with Crippen LogP contribution in [0.5, 0.6) is 0 Å². The first-order chi connectivity index (χ1) is 13.7. The zero-order valence-corrected chi connectivity index (χ0v) is 18.8. The maximum Gasteiger partial charge on any atom is 0.213 e. The fourth-order valence-corrected chi connectivity index (χ4v) is 4.60. The SMILES string of the molecule is Cc1c(-c2cc(C(C)C)c3ccccc3[n+]2C)cc(C(C)(C)C)c2ccccc12. The molecule has 0 N–H and O–H groups in total. The lowest BCUT2D eigenvalue weighted by molar-refractivity contribution is -0.633. The standard InChI is InChI=1S/C28H32N/c1-18(2)23-17-27(29(7)26-15-11-10-14-22(23)26)24-16-25(28(4,5)6)21-13-9-8-12-20(21)19(24)3/h8-18H,1-7H3/q+1. The maximum atomic E-state index is 2.44. The van der Waals surface area contributed by atoms with Crippen LogP contribution in [0.2, 0.25) is 0 Å². The fraction of sp³-hybridized carbons (Fsp3) is 0.321. The smallest absolute Gasteiger partial charge is 0.194 e. The van der Waals surface area contributed by atoms with Crippen molar-refractivity contribution in [3.63, 3.8) is 0 Å². The molecule has 0 amide bonds. The molecule has 0 aliphatic heterocycles. The van der Waals surface area contributed by atoms with Gasteiger partial charge in [0.1, 0.15) is 7.05 Å². The second-order valence-electron chi connectivity index (χ2n) is 9.61. The summed E-state index contributed by atoms with van der Waals surface area (Å²) in [6.45, 7) is 13.8. The van der Waals surface area contributed by atoms with Crippen molar-refractivity contribution in [1.82, 2.24) is 0 Å². The topological polar surface area (TPSA) is 3.88 Å². The van der Waals surface area contributed by atoms with E-state index >= 15 is 0 Å². The molecule has 0 saturated carbocycles. The molecule has 0 aliphatic carbocycles. The molecule has 4 rings (SSSR count). The van der Waals surface area contributed by atoms with Gasteiger partial charge in [0, 0.05) is 23.1 Å². The molecule has 0 atom stereocenters. The highest BCUT2D eigenvalue weighted by Crippen LogP contribution is 2.38. The average Bonchev–Trinajstić information content (AvgIpc) is 2.68. The summed E-state index contributed by atoms with van der Waals surface area (Å²) in [5.41, 5.74) is 8.18. The number of hydrogen-bond acceptors (Lipinski definition) is 0. The highest BCUT2D eigenvalue weighted by Gasteiger charge is 2.25. The second-order valence-corrected chi connectivity index (χ2v) is 9.61. The molecule has 3 aromatic carbocycles. The van der Waals surface area contributed by atoms with Crippen molar-refractivity contribution in [2.24, 2.45) is 7.05 Å². The molecule has 1 heterocycles. The molecule has 0 spiro atoms. The normalized spacial score (nSPS) is 12.3. The van der Waals surface area contributed by atoms with Crippen LogP contribution in [0.1, 0.15) is 57.2 Å². The molecule has 0 radical (unpaired) electrons. The molecule has 1 nitrogen and oxygen atoms in total. The van der Waals surface area contributed by atoms with Crippen molar-refractivity contribution in [2.45, 2.75) is 52.9 Å². The molecule has 0 unspecified atom stereocenters. The number of hydrogen-bond donors (Lipinski definition) is 0. The number of aromatic nitrogens is 1. The van der Waals surface area contributed by atoms with Gasteiger partial charge < -0.3 is 0 Å². The minimum atomic E-state index is 0.0817. The van der Waals surface area contributed by atoms with Crippen LogP contribution in [0.15, 0.2) is 60.7 Å². The van der Waals surface area contributed by atoms with Crippen LogP contribution in [-0.2, 0) is 12.5 Å². The third kappa shape index (κ3) is 3.23. The van der Waals surface area contributed by atoms with Gasteiger partial charge in [-0.1, -0.05) is 71.0 Å². The Bertz CT molecular complexity index is 1220. The van der Waals surface area contributed by atoms with Gasteiger partial charge in [-0.2, -0.15) is 4.57 Å². The molecule has 0 fully saturated rings. The Hall–Kier alpha value is -2.67. The number of fused-ring (bicyclic) bond motifs is 2. The fourth-order valence-electron chi connectivity index (χ4n) is 4.60. The zero-order chi connectivity index (χ0) is 20.9. The van der Waals surface area contributed by atoms with Crippen molar-refractivity contribution in [2.75, 3.05) is 0 Å². The molecule has 4 aromatic rings. The molecular formula is C28H32N+. The first kappa shape index (κ1) is 19.6. The van der Waals surface area contributed by atoms with Gasteiger partial charge >= 0.3 is 0 Å². The summed E-state index contributed by atoms with van der Waals surface area (Å²) < 4.78 is 2.37. The second kappa shape index (κ2) is 6.99. The van der Waals surface area contributed by atoms with Gasteiger partial charge in [0.2, 0.25) is 11.2 Å². The Morgan fingerprint density at radius 3 is 2.00 bits per heavy atom. The molecule has 0 saturated heterocycles. The third-order valence-electron chi connectivity index (χ3n) is 6.25. The lowest BCUT2D eigenvalue weighted by Gasteiger charge is -2.24. The van der Waals surface area contributed by atoms with Crippen LogP contribution >= 0.6 is 0 Å². The maximum absolute atomic E-state index is 2.44. The minimum Gasteiger partial charge on any atom is -0.194 e. The molecular weight excluding hydrogens is 350 g/mol.